The Balaban J connectivity index is 2.03. The zero-order valence-corrected chi connectivity index (χ0v) is 14.8. The van der Waals surface area contributed by atoms with Crippen LogP contribution in [0.1, 0.15) is 18.9 Å². The van der Waals surface area contributed by atoms with E-state index in [0.717, 1.165) is 4.57 Å². The molecule has 130 valence electrons. The highest BCUT2D eigenvalue weighted by molar-refractivity contribution is 7.21. The second-order valence-electron chi connectivity index (χ2n) is 6.38. The number of aromatic nitrogens is 5. The number of rotatable bonds is 2. The fourth-order valence-electron chi connectivity index (χ4n) is 3.38. The van der Waals surface area contributed by atoms with E-state index in [9.17, 15) is 14.4 Å². The summed E-state index contributed by atoms with van der Waals surface area (Å²) < 4.78 is 1.06. The van der Waals surface area contributed by atoms with Gasteiger partial charge in [-0.1, -0.05) is 11.3 Å². The maximum Gasteiger partial charge on any atom is 0.330 e. The number of carbonyl (C=O) groups is 1. The third-order valence-corrected chi connectivity index (χ3v) is 5.97. The molecule has 0 aliphatic carbocycles. The fourth-order valence-corrected chi connectivity index (χ4v) is 4.48. The molecule has 0 aromatic carbocycles. The molecule has 4 rings (SSSR count). The highest BCUT2D eigenvalue weighted by Gasteiger charge is 2.45. The number of fused-ring (bicyclic) bond motifs is 1. The molecule has 4 heterocycles. The number of nitrogens with zero attached hydrogens (tertiary/aromatic N) is 5. The van der Waals surface area contributed by atoms with Gasteiger partial charge in [-0.05, 0) is 20.3 Å². The van der Waals surface area contributed by atoms with Crippen LogP contribution in [-0.2, 0) is 10.3 Å². The maximum absolute atomic E-state index is 13.1. The van der Waals surface area contributed by atoms with Gasteiger partial charge >= 0.3 is 5.69 Å². The molecule has 1 aliphatic heterocycles. The molecule has 0 bridgehead atoms. The number of likely N-dealkylation sites (N-methyl/N-ethyl adjacent to an activating group) is 1. The van der Waals surface area contributed by atoms with Crippen molar-refractivity contribution in [2.24, 2.45) is 0 Å². The molecule has 1 N–H and O–H groups in total. The summed E-state index contributed by atoms with van der Waals surface area (Å²) in [6.45, 7) is 3.93. The van der Waals surface area contributed by atoms with Crippen molar-refractivity contribution < 1.29 is 4.79 Å². The summed E-state index contributed by atoms with van der Waals surface area (Å²) in [7, 11) is 1.67. The Morgan fingerprint density at radius 1 is 1.24 bits per heavy atom. The summed E-state index contributed by atoms with van der Waals surface area (Å²) in [5.74, 6) is -0.235. The first-order valence-corrected chi connectivity index (χ1v) is 8.57. The minimum Gasteiger partial charge on any atom is -0.344 e. The SMILES string of the molecule is Cc1c(-n2nccn2)sc2[nH]c(=O)n([C@]3(C)CCN(C)C3=O)c(=O)c12. The first-order chi connectivity index (χ1) is 11.8. The van der Waals surface area contributed by atoms with Crippen molar-refractivity contribution in [2.45, 2.75) is 25.8 Å². The highest BCUT2D eigenvalue weighted by atomic mass is 32.1. The van der Waals surface area contributed by atoms with Crippen molar-refractivity contribution in [1.29, 1.82) is 0 Å². The number of aryl methyl sites for hydroxylation is 1. The minimum absolute atomic E-state index is 0.235. The predicted molar refractivity (Wildman–Crippen MR) is 92.3 cm³/mol. The van der Waals surface area contributed by atoms with Crippen molar-refractivity contribution in [1.82, 2.24) is 29.4 Å². The number of hydrogen-bond donors (Lipinski definition) is 1. The van der Waals surface area contributed by atoms with Crippen LogP contribution in [-0.4, -0.2) is 48.9 Å². The van der Waals surface area contributed by atoms with Crippen LogP contribution in [0.4, 0.5) is 0 Å². The van der Waals surface area contributed by atoms with Gasteiger partial charge in [-0.2, -0.15) is 10.2 Å². The molecule has 1 fully saturated rings. The van der Waals surface area contributed by atoms with E-state index in [1.807, 2.05) is 0 Å². The highest BCUT2D eigenvalue weighted by Crippen LogP contribution is 2.31. The smallest absolute Gasteiger partial charge is 0.330 e. The number of carbonyl (C=O) groups excluding carboxylic acids is 1. The number of nitrogens with one attached hydrogen (secondary N) is 1. The van der Waals surface area contributed by atoms with Gasteiger partial charge in [0.25, 0.3) is 5.56 Å². The van der Waals surface area contributed by atoms with Gasteiger partial charge in [0.2, 0.25) is 5.91 Å². The quantitative estimate of drug-likeness (QED) is 0.704. The fraction of sp³-hybridized carbons (Fsp3) is 0.400. The van der Waals surface area contributed by atoms with Crippen LogP contribution in [0.5, 0.6) is 0 Å². The average molecular weight is 360 g/mol. The van der Waals surface area contributed by atoms with E-state index in [2.05, 4.69) is 15.2 Å². The van der Waals surface area contributed by atoms with E-state index >= 15 is 0 Å². The van der Waals surface area contributed by atoms with E-state index in [0.29, 0.717) is 33.7 Å². The summed E-state index contributed by atoms with van der Waals surface area (Å²) >= 11 is 1.24. The van der Waals surface area contributed by atoms with Crippen LogP contribution in [0.3, 0.4) is 0 Å². The topological polar surface area (TPSA) is 106 Å². The van der Waals surface area contributed by atoms with Crippen LogP contribution in [0.15, 0.2) is 22.0 Å². The number of hydrogen-bond acceptors (Lipinski definition) is 6. The molecule has 25 heavy (non-hydrogen) atoms. The van der Waals surface area contributed by atoms with Crippen molar-refractivity contribution in [3.05, 3.63) is 38.8 Å². The Kier molecular flexibility index (Phi) is 3.23. The van der Waals surface area contributed by atoms with E-state index in [4.69, 9.17) is 0 Å². The molecule has 10 heteroatoms. The molecule has 0 spiro atoms. The number of amides is 1. The van der Waals surface area contributed by atoms with Crippen molar-refractivity contribution in [2.75, 3.05) is 13.6 Å². The lowest BCUT2D eigenvalue weighted by Crippen LogP contribution is -2.51. The molecule has 1 atom stereocenters. The van der Waals surface area contributed by atoms with Crippen LogP contribution in [0.2, 0.25) is 0 Å². The lowest BCUT2D eigenvalue weighted by atomic mass is 10.00. The summed E-state index contributed by atoms with van der Waals surface area (Å²) in [5, 5.41) is 9.22. The molecular formula is C15H16N6O3S. The van der Waals surface area contributed by atoms with Gasteiger partial charge in [0.15, 0.2) is 0 Å². The van der Waals surface area contributed by atoms with E-state index in [1.54, 1.807) is 33.3 Å². The van der Waals surface area contributed by atoms with Gasteiger partial charge in [-0.15, -0.1) is 4.80 Å². The third kappa shape index (κ3) is 2.03. The molecule has 0 saturated carbocycles. The molecule has 1 amide bonds. The second-order valence-corrected chi connectivity index (χ2v) is 7.38. The number of H-pyrrole nitrogens is 1. The normalized spacial score (nSPS) is 20.8. The summed E-state index contributed by atoms with van der Waals surface area (Å²) in [4.78, 5) is 44.4. The molecule has 3 aromatic heterocycles. The van der Waals surface area contributed by atoms with E-state index in [-0.39, 0.29) is 5.91 Å². The van der Waals surface area contributed by atoms with Crippen LogP contribution in [0.25, 0.3) is 15.2 Å². The monoisotopic (exact) mass is 360 g/mol. The Morgan fingerprint density at radius 3 is 2.52 bits per heavy atom. The summed E-state index contributed by atoms with van der Waals surface area (Å²) in [6.07, 6.45) is 3.49. The molecule has 1 aliphatic rings. The zero-order valence-electron chi connectivity index (χ0n) is 13.9. The van der Waals surface area contributed by atoms with Gasteiger partial charge in [-0.3, -0.25) is 14.6 Å². The Morgan fingerprint density at radius 2 is 1.92 bits per heavy atom. The van der Waals surface area contributed by atoms with Crippen molar-refractivity contribution in [3.63, 3.8) is 0 Å². The van der Waals surface area contributed by atoms with Crippen molar-refractivity contribution >= 4 is 27.5 Å². The van der Waals surface area contributed by atoms with E-state index < -0.39 is 16.8 Å². The maximum atomic E-state index is 13.1. The molecule has 0 radical (unpaired) electrons. The van der Waals surface area contributed by atoms with Crippen molar-refractivity contribution in [3.8, 4) is 5.00 Å². The minimum atomic E-state index is -1.17. The molecule has 1 saturated heterocycles. The number of thiophene rings is 1. The summed E-state index contributed by atoms with van der Waals surface area (Å²) in [6, 6.07) is 0. The van der Waals surface area contributed by atoms with Gasteiger partial charge < -0.3 is 4.90 Å². The van der Waals surface area contributed by atoms with Gasteiger partial charge in [0.05, 0.1) is 17.8 Å². The molecule has 3 aromatic rings. The lowest BCUT2D eigenvalue weighted by molar-refractivity contribution is -0.133. The largest absolute Gasteiger partial charge is 0.344 e. The summed E-state index contributed by atoms with van der Waals surface area (Å²) in [5.41, 5.74) is -1.54. The second kappa shape index (κ2) is 5.12. The Labute approximate surface area is 145 Å². The average Bonchev–Trinajstić information content (AvgIpc) is 3.24. The number of aromatic amines is 1. The van der Waals surface area contributed by atoms with Gasteiger partial charge in [0, 0.05) is 19.2 Å². The Hall–Kier alpha value is -2.75. The van der Waals surface area contributed by atoms with Gasteiger partial charge in [0.1, 0.15) is 15.4 Å². The molecule has 0 unspecified atom stereocenters. The standard InChI is InChI=1S/C15H16N6O3S/c1-8-9-10(25-12(8)21-16-5-6-17-21)18-14(24)20(11(9)22)15(2)4-7-19(3)13(15)23/h5-6H,4,7H2,1-3H3,(H,18,24)/t15-/m1/s1. The number of likely N-dealkylation sites (tertiary alicyclic amines) is 1. The van der Waals surface area contributed by atoms with Crippen LogP contribution < -0.4 is 11.2 Å². The first-order valence-electron chi connectivity index (χ1n) is 7.76. The first kappa shape index (κ1) is 15.8. The zero-order chi connectivity index (χ0) is 17.9. The third-order valence-electron chi connectivity index (χ3n) is 4.80. The van der Waals surface area contributed by atoms with E-state index in [1.165, 1.54) is 21.0 Å². The van der Waals surface area contributed by atoms with Gasteiger partial charge in [-0.25, -0.2) is 9.36 Å². The molecular weight excluding hydrogens is 344 g/mol. The van der Waals surface area contributed by atoms with Crippen LogP contribution in [0, 0.1) is 6.92 Å². The Bertz CT molecular complexity index is 1110. The molecule has 9 nitrogen and oxygen atoms in total. The lowest BCUT2D eigenvalue weighted by Gasteiger charge is -2.23. The predicted octanol–water partition coefficient (Wildman–Crippen LogP) is 0.218. The van der Waals surface area contributed by atoms with Crippen LogP contribution >= 0.6 is 11.3 Å².